The minimum atomic E-state index is 0.330. The number of benzene rings is 1. The molecule has 0 bridgehead atoms. The van der Waals surface area contributed by atoms with Gasteiger partial charge in [0.1, 0.15) is 0 Å². The van der Waals surface area contributed by atoms with Gasteiger partial charge in [-0.15, -0.1) is 0 Å². The van der Waals surface area contributed by atoms with Gasteiger partial charge in [0.05, 0.1) is 14.2 Å². The van der Waals surface area contributed by atoms with Gasteiger partial charge >= 0.3 is 0 Å². The molecule has 20 heavy (non-hydrogen) atoms. The molecule has 0 aliphatic rings. The largest absolute Gasteiger partial charge is 0.493 e. The Morgan fingerprint density at radius 2 is 1.50 bits per heavy atom. The van der Waals surface area contributed by atoms with Crippen LogP contribution in [0.25, 0.3) is 0 Å². The van der Waals surface area contributed by atoms with E-state index in [9.17, 15) is 0 Å². The molecule has 0 saturated carbocycles. The molecule has 0 radical (unpaired) electrons. The molecule has 0 amide bonds. The molecule has 1 unspecified atom stereocenters. The Labute approximate surface area is 139 Å². The third-order valence-corrected chi connectivity index (χ3v) is 5.46. The van der Waals surface area contributed by atoms with E-state index in [1.54, 1.807) is 14.2 Å². The van der Waals surface area contributed by atoms with E-state index in [1.807, 2.05) is 6.07 Å². The minimum absolute atomic E-state index is 0.330. The van der Waals surface area contributed by atoms with E-state index in [2.05, 4.69) is 51.8 Å². The summed E-state index contributed by atoms with van der Waals surface area (Å²) in [6.45, 7) is 4.48. The predicted octanol–water partition coefficient (Wildman–Crippen LogP) is 6.12. The van der Waals surface area contributed by atoms with Crippen LogP contribution in [0.3, 0.4) is 0 Å². The molecular formula is C16H24Br2O2. The number of hydrogen-bond donors (Lipinski definition) is 0. The van der Waals surface area contributed by atoms with Crippen LogP contribution in [-0.2, 0) is 0 Å². The Morgan fingerprint density at radius 3 is 1.95 bits per heavy atom. The molecule has 0 aliphatic carbocycles. The van der Waals surface area contributed by atoms with E-state index in [1.165, 1.54) is 31.2 Å². The fourth-order valence-electron chi connectivity index (χ4n) is 2.51. The van der Waals surface area contributed by atoms with E-state index in [4.69, 9.17) is 9.47 Å². The Kier molecular flexibility index (Phi) is 7.96. The molecule has 0 saturated heterocycles. The van der Waals surface area contributed by atoms with Gasteiger partial charge in [0.2, 0.25) is 0 Å². The summed E-state index contributed by atoms with van der Waals surface area (Å²) in [5, 5.41) is 0. The summed E-state index contributed by atoms with van der Waals surface area (Å²) in [4.78, 5) is 0.330. The lowest BCUT2D eigenvalue weighted by molar-refractivity contribution is 0.353. The quantitative estimate of drug-likeness (QED) is 0.483. The van der Waals surface area contributed by atoms with E-state index in [-0.39, 0.29) is 0 Å². The van der Waals surface area contributed by atoms with Gasteiger partial charge in [0.25, 0.3) is 0 Å². The molecule has 4 heteroatoms. The smallest absolute Gasteiger partial charge is 0.161 e. The van der Waals surface area contributed by atoms with E-state index in [0.29, 0.717) is 10.7 Å². The second-order valence-corrected chi connectivity index (χ2v) is 6.81. The molecule has 1 rings (SSSR count). The average molecular weight is 408 g/mol. The number of hydrogen-bond acceptors (Lipinski definition) is 2. The van der Waals surface area contributed by atoms with Gasteiger partial charge in [-0.25, -0.2) is 0 Å². The van der Waals surface area contributed by atoms with Crippen molar-refractivity contribution in [3.8, 4) is 11.5 Å². The van der Waals surface area contributed by atoms with Crippen LogP contribution < -0.4 is 9.47 Å². The summed E-state index contributed by atoms with van der Waals surface area (Å²) < 4.78 is 11.8. The van der Waals surface area contributed by atoms with Gasteiger partial charge in [0, 0.05) is 9.30 Å². The molecule has 1 aromatic carbocycles. The third kappa shape index (κ3) is 4.39. The molecule has 0 aromatic heterocycles. The zero-order chi connectivity index (χ0) is 15.1. The van der Waals surface area contributed by atoms with Crippen LogP contribution in [-0.4, -0.2) is 14.2 Å². The van der Waals surface area contributed by atoms with Crippen LogP contribution in [0.5, 0.6) is 11.5 Å². The maximum atomic E-state index is 5.42. The third-order valence-electron chi connectivity index (χ3n) is 3.53. The van der Waals surface area contributed by atoms with Crippen molar-refractivity contribution in [1.82, 2.24) is 0 Å². The molecule has 0 heterocycles. The number of alkyl halides is 1. The van der Waals surface area contributed by atoms with Crippen LogP contribution in [0.1, 0.15) is 49.9 Å². The number of halogens is 2. The van der Waals surface area contributed by atoms with Crippen LogP contribution >= 0.6 is 31.9 Å². The van der Waals surface area contributed by atoms with Gasteiger partial charge < -0.3 is 9.47 Å². The highest BCUT2D eigenvalue weighted by Gasteiger charge is 2.23. The molecular weight excluding hydrogens is 384 g/mol. The summed E-state index contributed by atoms with van der Waals surface area (Å²) in [5.41, 5.74) is 1.23. The summed E-state index contributed by atoms with van der Waals surface area (Å²) in [6.07, 6.45) is 4.87. The van der Waals surface area contributed by atoms with Crippen molar-refractivity contribution in [2.45, 2.75) is 44.4 Å². The van der Waals surface area contributed by atoms with Gasteiger partial charge in [-0.05, 0) is 36.5 Å². The van der Waals surface area contributed by atoms with Gasteiger partial charge in [-0.2, -0.15) is 0 Å². The first kappa shape index (κ1) is 17.8. The highest BCUT2D eigenvalue weighted by molar-refractivity contribution is 9.11. The first-order valence-corrected chi connectivity index (χ1v) is 8.85. The standard InChI is InChI=1S/C16H24Br2O2/c1-5-7-11(8-6-2)16(18)12-9-14(19-3)15(20-4)10-13(12)17/h9-11,16H,5-8H2,1-4H3. The Balaban J connectivity index is 3.09. The molecule has 0 spiro atoms. The van der Waals surface area contributed by atoms with E-state index >= 15 is 0 Å². The monoisotopic (exact) mass is 406 g/mol. The van der Waals surface area contributed by atoms with Crippen molar-refractivity contribution in [3.05, 3.63) is 22.2 Å². The second kappa shape index (κ2) is 8.93. The minimum Gasteiger partial charge on any atom is -0.493 e. The van der Waals surface area contributed by atoms with E-state index in [0.717, 1.165) is 16.0 Å². The lowest BCUT2D eigenvalue weighted by Gasteiger charge is -2.24. The second-order valence-electron chi connectivity index (χ2n) is 4.97. The molecule has 1 atom stereocenters. The van der Waals surface area contributed by atoms with Crippen LogP contribution in [0, 0.1) is 5.92 Å². The first-order valence-electron chi connectivity index (χ1n) is 7.14. The molecule has 0 aliphatic heterocycles. The Morgan fingerprint density at radius 1 is 1.00 bits per heavy atom. The van der Waals surface area contributed by atoms with Crippen molar-refractivity contribution >= 4 is 31.9 Å². The lowest BCUT2D eigenvalue weighted by Crippen LogP contribution is -2.08. The fourth-order valence-corrected chi connectivity index (χ4v) is 4.30. The van der Waals surface area contributed by atoms with Crippen LogP contribution in [0.4, 0.5) is 0 Å². The number of methoxy groups -OCH3 is 2. The number of rotatable bonds is 8. The Hall–Kier alpha value is -0.220. The SMILES string of the molecule is CCCC(CCC)C(Br)c1cc(OC)c(OC)cc1Br. The van der Waals surface area contributed by atoms with Crippen LogP contribution in [0.15, 0.2) is 16.6 Å². The van der Waals surface area contributed by atoms with Crippen LogP contribution in [0.2, 0.25) is 0 Å². The van der Waals surface area contributed by atoms with Crippen molar-refractivity contribution in [2.75, 3.05) is 14.2 Å². The highest BCUT2D eigenvalue weighted by Crippen LogP contribution is 2.44. The highest BCUT2D eigenvalue weighted by atomic mass is 79.9. The van der Waals surface area contributed by atoms with Crippen molar-refractivity contribution in [1.29, 1.82) is 0 Å². The summed E-state index contributed by atoms with van der Waals surface area (Å²) in [7, 11) is 3.33. The van der Waals surface area contributed by atoms with Crippen molar-refractivity contribution in [3.63, 3.8) is 0 Å². The maximum absolute atomic E-state index is 5.42. The lowest BCUT2D eigenvalue weighted by atomic mass is 9.91. The zero-order valence-electron chi connectivity index (χ0n) is 12.7. The Bertz CT molecular complexity index is 415. The average Bonchev–Trinajstić information content (AvgIpc) is 2.46. The summed E-state index contributed by atoms with van der Waals surface area (Å²) >= 11 is 7.55. The van der Waals surface area contributed by atoms with Gasteiger partial charge in [-0.3, -0.25) is 0 Å². The molecule has 0 N–H and O–H groups in total. The van der Waals surface area contributed by atoms with Crippen molar-refractivity contribution in [2.24, 2.45) is 5.92 Å². The molecule has 114 valence electrons. The molecule has 2 nitrogen and oxygen atoms in total. The van der Waals surface area contributed by atoms with Gasteiger partial charge in [0.15, 0.2) is 11.5 Å². The van der Waals surface area contributed by atoms with E-state index < -0.39 is 0 Å². The van der Waals surface area contributed by atoms with Crippen molar-refractivity contribution < 1.29 is 9.47 Å². The first-order chi connectivity index (χ1) is 9.58. The zero-order valence-corrected chi connectivity index (χ0v) is 15.9. The number of ether oxygens (including phenoxy) is 2. The fraction of sp³-hybridized carbons (Fsp3) is 0.625. The predicted molar refractivity (Wildman–Crippen MR) is 92.2 cm³/mol. The summed E-state index contributed by atoms with van der Waals surface area (Å²) in [6, 6.07) is 4.05. The molecule has 1 aromatic rings. The summed E-state index contributed by atoms with van der Waals surface area (Å²) in [5.74, 6) is 2.17. The molecule has 0 fully saturated rings. The van der Waals surface area contributed by atoms with Gasteiger partial charge in [-0.1, -0.05) is 58.5 Å². The topological polar surface area (TPSA) is 18.5 Å². The normalized spacial score (nSPS) is 12.6. The maximum Gasteiger partial charge on any atom is 0.161 e.